The fraction of sp³-hybridized carbons (Fsp3) is 0.409. The molecule has 0 bridgehead atoms. The van der Waals surface area contributed by atoms with Crippen LogP contribution in [0.4, 0.5) is 0 Å². The second kappa shape index (κ2) is 9.89. The SMILES string of the molecule is COc1cccc(C(=O)NCCS(=O)(=O)N2CCC(Cc3ccccc3)CC2)c1. The highest BCUT2D eigenvalue weighted by molar-refractivity contribution is 7.89. The van der Waals surface area contributed by atoms with Crippen LogP contribution in [0, 0.1) is 5.92 Å². The second-order valence-electron chi connectivity index (χ2n) is 7.34. The van der Waals surface area contributed by atoms with Gasteiger partial charge in [0.25, 0.3) is 5.91 Å². The van der Waals surface area contributed by atoms with E-state index in [-0.39, 0.29) is 18.2 Å². The first-order valence-corrected chi connectivity index (χ1v) is 11.5. The Labute approximate surface area is 172 Å². The monoisotopic (exact) mass is 416 g/mol. The molecule has 7 heteroatoms. The number of carbonyl (C=O) groups excluding carboxylic acids is 1. The van der Waals surface area contributed by atoms with Crippen LogP contribution in [-0.4, -0.2) is 51.1 Å². The maximum Gasteiger partial charge on any atom is 0.251 e. The number of methoxy groups -OCH3 is 1. The lowest BCUT2D eigenvalue weighted by Crippen LogP contribution is -2.42. The molecule has 0 saturated carbocycles. The summed E-state index contributed by atoms with van der Waals surface area (Å²) in [4.78, 5) is 12.2. The summed E-state index contributed by atoms with van der Waals surface area (Å²) in [5.74, 6) is 0.701. The summed E-state index contributed by atoms with van der Waals surface area (Å²) < 4.78 is 31.9. The number of hydrogen-bond donors (Lipinski definition) is 1. The highest BCUT2D eigenvalue weighted by Crippen LogP contribution is 2.23. The average molecular weight is 417 g/mol. The van der Waals surface area contributed by atoms with Gasteiger partial charge in [-0.3, -0.25) is 4.79 Å². The third kappa shape index (κ3) is 6.05. The zero-order valence-electron chi connectivity index (χ0n) is 16.7. The van der Waals surface area contributed by atoms with Gasteiger partial charge in [-0.05, 0) is 48.9 Å². The van der Waals surface area contributed by atoms with E-state index in [9.17, 15) is 13.2 Å². The van der Waals surface area contributed by atoms with E-state index in [2.05, 4.69) is 17.4 Å². The van der Waals surface area contributed by atoms with Crippen LogP contribution >= 0.6 is 0 Å². The van der Waals surface area contributed by atoms with Crippen LogP contribution < -0.4 is 10.1 Å². The van der Waals surface area contributed by atoms with E-state index in [0.717, 1.165) is 19.3 Å². The van der Waals surface area contributed by atoms with E-state index in [1.54, 1.807) is 28.6 Å². The first kappa shape index (κ1) is 21.3. The molecular formula is C22H28N2O4S. The normalized spacial score (nSPS) is 15.8. The minimum Gasteiger partial charge on any atom is -0.497 e. The van der Waals surface area contributed by atoms with E-state index < -0.39 is 10.0 Å². The number of piperidine rings is 1. The Balaban J connectivity index is 1.44. The van der Waals surface area contributed by atoms with Gasteiger partial charge < -0.3 is 10.1 Å². The Bertz CT molecular complexity index is 907. The van der Waals surface area contributed by atoms with Crippen molar-refractivity contribution in [3.05, 3.63) is 65.7 Å². The molecule has 0 spiro atoms. The topological polar surface area (TPSA) is 75.7 Å². The first-order chi connectivity index (χ1) is 14.0. The predicted molar refractivity (Wildman–Crippen MR) is 114 cm³/mol. The fourth-order valence-electron chi connectivity index (χ4n) is 3.63. The Morgan fingerprint density at radius 3 is 2.52 bits per heavy atom. The minimum atomic E-state index is -3.38. The number of nitrogens with zero attached hydrogens (tertiary/aromatic N) is 1. The molecule has 3 rings (SSSR count). The maximum absolute atomic E-state index is 12.6. The highest BCUT2D eigenvalue weighted by atomic mass is 32.2. The summed E-state index contributed by atoms with van der Waals surface area (Å²) in [5, 5.41) is 2.69. The van der Waals surface area contributed by atoms with Gasteiger partial charge in [-0.1, -0.05) is 36.4 Å². The predicted octanol–water partition coefficient (Wildman–Crippen LogP) is 2.71. The zero-order chi connectivity index (χ0) is 20.7. The van der Waals surface area contributed by atoms with Gasteiger partial charge in [-0.15, -0.1) is 0 Å². The molecule has 1 N–H and O–H groups in total. The van der Waals surface area contributed by atoms with Crippen molar-refractivity contribution in [3.63, 3.8) is 0 Å². The number of carbonyl (C=O) groups is 1. The molecule has 1 saturated heterocycles. The number of benzene rings is 2. The number of rotatable bonds is 8. The molecule has 1 amide bonds. The Morgan fingerprint density at radius 2 is 1.83 bits per heavy atom. The number of sulfonamides is 1. The molecule has 1 heterocycles. The van der Waals surface area contributed by atoms with Crippen LogP contribution in [-0.2, 0) is 16.4 Å². The van der Waals surface area contributed by atoms with Crippen molar-refractivity contribution >= 4 is 15.9 Å². The minimum absolute atomic E-state index is 0.0856. The molecule has 156 valence electrons. The lowest BCUT2D eigenvalue weighted by Gasteiger charge is -2.31. The zero-order valence-corrected chi connectivity index (χ0v) is 17.5. The molecule has 0 unspecified atom stereocenters. The van der Waals surface area contributed by atoms with Crippen LogP contribution in [0.25, 0.3) is 0 Å². The van der Waals surface area contributed by atoms with E-state index in [4.69, 9.17) is 4.74 Å². The summed E-state index contributed by atoms with van der Waals surface area (Å²) in [6, 6.07) is 17.1. The van der Waals surface area contributed by atoms with Gasteiger partial charge in [-0.2, -0.15) is 0 Å². The van der Waals surface area contributed by atoms with Gasteiger partial charge in [0.1, 0.15) is 5.75 Å². The van der Waals surface area contributed by atoms with Gasteiger partial charge in [0.05, 0.1) is 12.9 Å². The Kier molecular flexibility index (Phi) is 7.28. The van der Waals surface area contributed by atoms with Crippen molar-refractivity contribution in [3.8, 4) is 5.75 Å². The summed E-state index contributed by atoms with van der Waals surface area (Å²) >= 11 is 0. The van der Waals surface area contributed by atoms with Crippen LogP contribution in [0.5, 0.6) is 5.75 Å². The molecule has 0 radical (unpaired) electrons. The molecule has 1 fully saturated rings. The number of amides is 1. The van der Waals surface area contributed by atoms with Crippen LogP contribution in [0.1, 0.15) is 28.8 Å². The van der Waals surface area contributed by atoms with Gasteiger partial charge in [0.15, 0.2) is 0 Å². The van der Waals surface area contributed by atoms with Gasteiger partial charge in [0.2, 0.25) is 10.0 Å². The van der Waals surface area contributed by atoms with E-state index in [1.165, 1.54) is 12.7 Å². The van der Waals surface area contributed by atoms with Crippen molar-refractivity contribution in [2.45, 2.75) is 19.3 Å². The Hall–Kier alpha value is -2.38. The van der Waals surface area contributed by atoms with E-state index >= 15 is 0 Å². The molecular weight excluding hydrogens is 388 g/mol. The molecule has 29 heavy (non-hydrogen) atoms. The summed E-state index contributed by atoms with van der Waals surface area (Å²) in [6.45, 7) is 1.18. The third-order valence-corrected chi connectivity index (χ3v) is 7.18. The third-order valence-electron chi connectivity index (χ3n) is 5.31. The summed E-state index contributed by atoms with van der Waals surface area (Å²) in [5.41, 5.74) is 1.75. The number of nitrogens with one attached hydrogen (secondary N) is 1. The number of hydrogen-bond acceptors (Lipinski definition) is 4. The quantitative estimate of drug-likeness (QED) is 0.718. The standard InChI is InChI=1S/C22H28N2O4S/c1-28-21-9-5-8-20(17-21)22(25)23-12-15-29(26,27)24-13-10-19(11-14-24)16-18-6-3-2-4-7-18/h2-9,17,19H,10-16H2,1H3,(H,23,25). The molecule has 0 atom stereocenters. The van der Waals surface area contributed by atoms with Crippen LogP contribution in [0.15, 0.2) is 54.6 Å². The molecule has 1 aliphatic rings. The Morgan fingerprint density at radius 1 is 1.10 bits per heavy atom. The highest BCUT2D eigenvalue weighted by Gasteiger charge is 2.27. The van der Waals surface area contributed by atoms with E-state index in [1.807, 2.05) is 18.2 Å². The lowest BCUT2D eigenvalue weighted by molar-refractivity contribution is 0.0955. The smallest absolute Gasteiger partial charge is 0.251 e. The van der Waals surface area contributed by atoms with Crippen molar-refractivity contribution < 1.29 is 17.9 Å². The van der Waals surface area contributed by atoms with Crippen molar-refractivity contribution in [2.24, 2.45) is 5.92 Å². The molecule has 2 aromatic rings. The maximum atomic E-state index is 12.6. The van der Waals surface area contributed by atoms with Gasteiger partial charge in [-0.25, -0.2) is 12.7 Å². The van der Waals surface area contributed by atoms with Gasteiger partial charge in [0, 0.05) is 25.2 Å². The molecule has 0 aromatic heterocycles. The number of ether oxygens (including phenoxy) is 1. The van der Waals surface area contributed by atoms with Crippen molar-refractivity contribution in [1.82, 2.24) is 9.62 Å². The lowest BCUT2D eigenvalue weighted by atomic mass is 9.91. The van der Waals surface area contributed by atoms with Crippen molar-refractivity contribution in [1.29, 1.82) is 0 Å². The van der Waals surface area contributed by atoms with Gasteiger partial charge >= 0.3 is 0 Å². The van der Waals surface area contributed by atoms with Crippen molar-refractivity contribution in [2.75, 3.05) is 32.5 Å². The summed E-state index contributed by atoms with van der Waals surface area (Å²) in [6.07, 6.45) is 2.72. The van der Waals surface area contributed by atoms with Crippen LogP contribution in [0.2, 0.25) is 0 Å². The van der Waals surface area contributed by atoms with Crippen LogP contribution in [0.3, 0.4) is 0 Å². The van der Waals surface area contributed by atoms with E-state index in [0.29, 0.717) is 30.3 Å². The molecule has 2 aromatic carbocycles. The largest absolute Gasteiger partial charge is 0.497 e. The molecule has 6 nitrogen and oxygen atoms in total. The molecule has 1 aliphatic heterocycles. The summed E-state index contributed by atoms with van der Waals surface area (Å²) in [7, 11) is -1.84. The second-order valence-corrected chi connectivity index (χ2v) is 9.42. The first-order valence-electron chi connectivity index (χ1n) is 9.92. The average Bonchev–Trinajstić information content (AvgIpc) is 2.74. The molecule has 0 aliphatic carbocycles. The fourth-order valence-corrected chi connectivity index (χ4v) is 5.01.